The Morgan fingerprint density at radius 2 is 2.06 bits per heavy atom. The summed E-state index contributed by atoms with van der Waals surface area (Å²) in [4.78, 5) is 12.0. The Bertz CT molecular complexity index is 450. The van der Waals surface area contributed by atoms with E-state index < -0.39 is 0 Å². The first-order chi connectivity index (χ1) is 8.54. The largest absolute Gasteiger partial charge is 0.351 e. The highest BCUT2D eigenvalue weighted by atomic mass is 16.1. The van der Waals surface area contributed by atoms with E-state index in [4.69, 9.17) is 0 Å². The molecule has 1 aliphatic rings. The number of nitrogens with one attached hydrogen (secondary N) is 1. The molecule has 0 spiro atoms. The summed E-state index contributed by atoms with van der Waals surface area (Å²) in [5.74, 6) is 1.61. The van der Waals surface area contributed by atoms with Gasteiger partial charge in [0.25, 0.3) is 5.91 Å². The number of carbonyl (C=O) groups excluding carboxylic acids is 1. The number of amides is 1. The second-order valence-electron chi connectivity index (χ2n) is 5.72. The molecule has 2 rings (SSSR count). The highest BCUT2D eigenvalue weighted by Crippen LogP contribution is 2.32. The summed E-state index contributed by atoms with van der Waals surface area (Å²) >= 11 is 0. The van der Waals surface area contributed by atoms with E-state index in [1.54, 1.807) is 0 Å². The minimum atomic E-state index is 0.0899. The van der Waals surface area contributed by atoms with E-state index >= 15 is 0 Å². The van der Waals surface area contributed by atoms with Crippen molar-refractivity contribution >= 4 is 5.91 Å². The van der Waals surface area contributed by atoms with Crippen LogP contribution in [0.5, 0.6) is 0 Å². The Morgan fingerprint density at radius 1 is 1.33 bits per heavy atom. The lowest BCUT2D eigenvalue weighted by Gasteiger charge is -2.29. The number of carbonyl (C=O) groups is 1. The average molecular weight is 245 g/mol. The fourth-order valence-corrected chi connectivity index (χ4v) is 2.64. The zero-order chi connectivity index (χ0) is 13.3. The van der Waals surface area contributed by atoms with Crippen molar-refractivity contribution in [1.82, 2.24) is 5.32 Å². The molecule has 1 aromatic rings. The van der Waals surface area contributed by atoms with Gasteiger partial charge in [0.15, 0.2) is 0 Å². The first kappa shape index (κ1) is 13.1. The molecule has 0 saturated heterocycles. The van der Waals surface area contributed by atoms with Gasteiger partial charge >= 0.3 is 0 Å². The van der Waals surface area contributed by atoms with Crippen LogP contribution in [-0.2, 0) is 0 Å². The lowest BCUT2D eigenvalue weighted by molar-refractivity contribution is 0.0936. The molecule has 2 heteroatoms. The van der Waals surface area contributed by atoms with Crippen molar-refractivity contribution in [1.29, 1.82) is 0 Å². The first-order valence-corrected chi connectivity index (χ1v) is 6.96. The van der Waals surface area contributed by atoms with Crippen molar-refractivity contribution in [2.45, 2.75) is 46.0 Å². The average Bonchev–Trinajstić information content (AvgIpc) is 2.37. The Labute approximate surface area is 110 Å². The molecule has 98 valence electrons. The van der Waals surface area contributed by atoms with Gasteiger partial charge in [-0.05, 0) is 35.4 Å². The topological polar surface area (TPSA) is 29.1 Å². The summed E-state index contributed by atoms with van der Waals surface area (Å²) < 4.78 is 0. The summed E-state index contributed by atoms with van der Waals surface area (Å²) in [7, 11) is 0. The predicted molar refractivity (Wildman–Crippen MR) is 75.1 cm³/mol. The maximum atomic E-state index is 12.0. The third-order valence-electron chi connectivity index (χ3n) is 4.19. The molecule has 0 fully saturated rings. The second-order valence-corrected chi connectivity index (χ2v) is 5.72. The zero-order valence-electron chi connectivity index (χ0n) is 11.8. The number of hydrogen-bond acceptors (Lipinski definition) is 1. The van der Waals surface area contributed by atoms with Crippen LogP contribution in [0.3, 0.4) is 0 Å². The fourth-order valence-electron chi connectivity index (χ4n) is 2.64. The zero-order valence-corrected chi connectivity index (χ0v) is 11.8. The SMILES string of the molecule is CCC(C)c1ccc2c(c1)C(=O)NCC2C(C)C. The van der Waals surface area contributed by atoms with Gasteiger partial charge in [-0.1, -0.05) is 39.8 Å². The van der Waals surface area contributed by atoms with Crippen LogP contribution in [0.25, 0.3) is 0 Å². The van der Waals surface area contributed by atoms with Crippen LogP contribution in [0, 0.1) is 5.92 Å². The molecule has 18 heavy (non-hydrogen) atoms. The van der Waals surface area contributed by atoms with Gasteiger partial charge in [0.05, 0.1) is 0 Å². The molecule has 1 heterocycles. The normalized spacial score (nSPS) is 20.5. The van der Waals surface area contributed by atoms with E-state index in [0.717, 1.165) is 18.5 Å². The summed E-state index contributed by atoms with van der Waals surface area (Å²) in [6.45, 7) is 9.60. The minimum absolute atomic E-state index is 0.0899. The number of benzene rings is 1. The number of fused-ring (bicyclic) bond motifs is 1. The smallest absolute Gasteiger partial charge is 0.251 e. The predicted octanol–water partition coefficient (Wildman–Crippen LogP) is 3.68. The summed E-state index contributed by atoms with van der Waals surface area (Å²) in [6.07, 6.45) is 1.11. The number of hydrogen-bond donors (Lipinski definition) is 1. The van der Waals surface area contributed by atoms with Crippen molar-refractivity contribution in [2.75, 3.05) is 6.54 Å². The lowest BCUT2D eigenvalue weighted by atomic mass is 9.81. The van der Waals surface area contributed by atoms with E-state index in [-0.39, 0.29) is 5.91 Å². The van der Waals surface area contributed by atoms with Crippen molar-refractivity contribution in [3.63, 3.8) is 0 Å². The van der Waals surface area contributed by atoms with Crippen LogP contribution in [0.15, 0.2) is 18.2 Å². The van der Waals surface area contributed by atoms with Gasteiger partial charge in [-0.25, -0.2) is 0 Å². The maximum absolute atomic E-state index is 12.0. The Hall–Kier alpha value is -1.31. The Morgan fingerprint density at radius 3 is 2.67 bits per heavy atom. The van der Waals surface area contributed by atoms with Gasteiger partial charge in [0, 0.05) is 18.0 Å². The standard InChI is InChI=1S/C16H23NO/c1-5-11(4)12-6-7-13-14(8-12)16(18)17-9-15(13)10(2)3/h6-8,10-11,15H,5,9H2,1-4H3,(H,17,18). The second kappa shape index (κ2) is 5.13. The summed E-state index contributed by atoms with van der Waals surface area (Å²) in [5.41, 5.74) is 3.38. The molecule has 1 N–H and O–H groups in total. The molecular weight excluding hydrogens is 222 g/mol. The van der Waals surface area contributed by atoms with E-state index in [2.05, 4.69) is 51.2 Å². The molecule has 0 radical (unpaired) electrons. The molecule has 1 aliphatic heterocycles. The van der Waals surface area contributed by atoms with Gasteiger partial charge in [0.2, 0.25) is 0 Å². The third-order valence-corrected chi connectivity index (χ3v) is 4.19. The quantitative estimate of drug-likeness (QED) is 0.864. The van der Waals surface area contributed by atoms with Crippen molar-refractivity contribution in [3.05, 3.63) is 34.9 Å². The third kappa shape index (κ3) is 2.29. The molecule has 2 nitrogen and oxygen atoms in total. The van der Waals surface area contributed by atoms with Crippen LogP contribution in [0.4, 0.5) is 0 Å². The molecular formula is C16H23NO. The van der Waals surface area contributed by atoms with Crippen LogP contribution in [-0.4, -0.2) is 12.5 Å². The Balaban J connectivity index is 2.44. The van der Waals surface area contributed by atoms with Gasteiger partial charge in [-0.2, -0.15) is 0 Å². The van der Waals surface area contributed by atoms with Gasteiger partial charge in [-0.3, -0.25) is 4.79 Å². The maximum Gasteiger partial charge on any atom is 0.251 e. The van der Waals surface area contributed by atoms with Gasteiger partial charge in [-0.15, -0.1) is 0 Å². The number of rotatable bonds is 3. The van der Waals surface area contributed by atoms with Crippen molar-refractivity contribution in [3.8, 4) is 0 Å². The van der Waals surface area contributed by atoms with Gasteiger partial charge < -0.3 is 5.32 Å². The molecule has 1 amide bonds. The van der Waals surface area contributed by atoms with E-state index in [0.29, 0.717) is 17.8 Å². The molecule has 1 aromatic carbocycles. The highest BCUT2D eigenvalue weighted by molar-refractivity contribution is 5.97. The molecule has 0 aromatic heterocycles. The highest BCUT2D eigenvalue weighted by Gasteiger charge is 2.27. The monoisotopic (exact) mass is 245 g/mol. The van der Waals surface area contributed by atoms with Crippen LogP contribution < -0.4 is 5.32 Å². The van der Waals surface area contributed by atoms with Crippen LogP contribution >= 0.6 is 0 Å². The first-order valence-electron chi connectivity index (χ1n) is 6.96. The minimum Gasteiger partial charge on any atom is -0.351 e. The van der Waals surface area contributed by atoms with E-state index in [9.17, 15) is 4.79 Å². The van der Waals surface area contributed by atoms with Gasteiger partial charge in [0.1, 0.15) is 0 Å². The van der Waals surface area contributed by atoms with Crippen molar-refractivity contribution < 1.29 is 4.79 Å². The molecule has 2 unspecified atom stereocenters. The van der Waals surface area contributed by atoms with Crippen LogP contribution in [0.2, 0.25) is 0 Å². The molecule has 2 atom stereocenters. The Kier molecular flexibility index (Phi) is 3.74. The summed E-state index contributed by atoms with van der Waals surface area (Å²) in [5, 5.41) is 3.01. The molecule has 0 saturated carbocycles. The van der Waals surface area contributed by atoms with E-state index in [1.807, 2.05) is 0 Å². The fraction of sp³-hybridized carbons (Fsp3) is 0.562. The summed E-state index contributed by atoms with van der Waals surface area (Å²) in [6, 6.07) is 6.45. The van der Waals surface area contributed by atoms with E-state index in [1.165, 1.54) is 11.1 Å². The molecule has 0 aliphatic carbocycles. The lowest BCUT2D eigenvalue weighted by Crippen LogP contribution is -2.37. The van der Waals surface area contributed by atoms with Crippen molar-refractivity contribution in [2.24, 2.45) is 5.92 Å². The van der Waals surface area contributed by atoms with Crippen LogP contribution in [0.1, 0.15) is 67.4 Å². The molecule has 0 bridgehead atoms.